The van der Waals surface area contributed by atoms with E-state index in [1.54, 1.807) is 47.4 Å². The Kier molecular flexibility index (Phi) is 4.71. The molecule has 2 aromatic carbocycles. The number of nitrogens with one attached hydrogen (secondary N) is 2. The van der Waals surface area contributed by atoms with Crippen LogP contribution in [0.2, 0.25) is 0 Å². The van der Waals surface area contributed by atoms with Crippen LogP contribution in [0, 0.1) is 0 Å². The Balaban J connectivity index is 1.63. The molecule has 1 aliphatic heterocycles. The van der Waals surface area contributed by atoms with Crippen molar-refractivity contribution in [2.45, 2.75) is 6.42 Å². The fraction of sp³-hybridized carbons (Fsp3) is 0.176. The molecule has 0 saturated carbocycles. The highest BCUT2D eigenvalue weighted by Crippen LogP contribution is 2.23. The Hall–Kier alpha value is -2.54. The van der Waals surface area contributed by atoms with Crippen molar-refractivity contribution >= 4 is 39.2 Å². The number of hydrogen-bond donors (Lipinski definition) is 3. The monoisotopic (exact) mass is 389 g/mol. The third kappa shape index (κ3) is 3.68. The maximum atomic E-state index is 12.1. The summed E-state index contributed by atoms with van der Waals surface area (Å²) in [7, 11) is 0. The highest BCUT2D eigenvalue weighted by Gasteiger charge is 2.20. The molecule has 0 unspecified atom stereocenters. The molecule has 3 N–H and O–H groups in total. The Morgan fingerprint density at radius 1 is 1.25 bits per heavy atom. The number of carbonyl (C=O) groups is 2. The topological polar surface area (TPSA) is 81.7 Å². The molecule has 3 amide bonds. The van der Waals surface area contributed by atoms with E-state index in [9.17, 15) is 14.7 Å². The molecule has 0 radical (unpaired) electrons. The number of halogens is 1. The summed E-state index contributed by atoms with van der Waals surface area (Å²) in [4.78, 5) is 25.4. The molecule has 1 aliphatic rings. The molecule has 1 saturated heterocycles. The van der Waals surface area contributed by atoms with E-state index in [1.807, 2.05) is 0 Å². The lowest BCUT2D eigenvalue weighted by Gasteiger charge is -2.14. The maximum Gasteiger partial charge on any atom is 0.321 e. The van der Waals surface area contributed by atoms with Gasteiger partial charge in [-0.1, -0.05) is 22.0 Å². The van der Waals surface area contributed by atoms with Crippen LogP contribution in [-0.4, -0.2) is 30.1 Å². The number of hydrogen-bond acceptors (Lipinski definition) is 3. The second-order valence-electron chi connectivity index (χ2n) is 5.43. The van der Waals surface area contributed by atoms with Crippen LogP contribution in [0.3, 0.4) is 0 Å². The van der Waals surface area contributed by atoms with Gasteiger partial charge in [0.2, 0.25) is 5.91 Å². The molecule has 3 rings (SSSR count). The zero-order chi connectivity index (χ0) is 17.1. The van der Waals surface area contributed by atoms with Crippen LogP contribution in [0.4, 0.5) is 16.2 Å². The molecule has 0 atom stereocenters. The highest BCUT2D eigenvalue weighted by molar-refractivity contribution is 9.10. The number of phenolic OH excluding ortho intramolecular Hbond substituents is 1. The van der Waals surface area contributed by atoms with Gasteiger partial charge < -0.3 is 15.7 Å². The molecular formula is C17H16BrN3O3. The lowest BCUT2D eigenvalue weighted by atomic mass is 10.1. The van der Waals surface area contributed by atoms with Crippen LogP contribution in [-0.2, 0) is 11.2 Å². The molecule has 0 aromatic heterocycles. The number of carbonyl (C=O) groups excluding carboxylic acids is 2. The van der Waals surface area contributed by atoms with Crippen molar-refractivity contribution in [1.82, 2.24) is 5.32 Å². The van der Waals surface area contributed by atoms with Gasteiger partial charge >= 0.3 is 6.03 Å². The van der Waals surface area contributed by atoms with Crippen LogP contribution in [0.5, 0.6) is 5.75 Å². The van der Waals surface area contributed by atoms with E-state index in [0.29, 0.717) is 24.3 Å². The molecular weight excluding hydrogens is 374 g/mol. The quantitative estimate of drug-likeness (QED) is 0.751. The molecule has 2 aromatic rings. The van der Waals surface area contributed by atoms with Crippen molar-refractivity contribution in [3.05, 3.63) is 52.5 Å². The number of anilines is 2. The zero-order valence-corrected chi connectivity index (χ0v) is 14.3. The zero-order valence-electron chi connectivity index (χ0n) is 12.8. The van der Waals surface area contributed by atoms with Gasteiger partial charge in [0.05, 0.1) is 6.42 Å². The van der Waals surface area contributed by atoms with Crippen molar-refractivity contribution in [3.63, 3.8) is 0 Å². The lowest BCUT2D eigenvalue weighted by molar-refractivity contribution is -0.115. The first kappa shape index (κ1) is 16.3. The minimum Gasteiger partial charge on any atom is -0.508 e. The van der Waals surface area contributed by atoms with Gasteiger partial charge in [0, 0.05) is 34.5 Å². The summed E-state index contributed by atoms with van der Waals surface area (Å²) in [6, 6.07) is 12.0. The number of amides is 3. The van der Waals surface area contributed by atoms with Gasteiger partial charge in [-0.2, -0.15) is 0 Å². The maximum absolute atomic E-state index is 12.1. The van der Waals surface area contributed by atoms with E-state index >= 15 is 0 Å². The average Bonchev–Trinajstić information content (AvgIpc) is 2.97. The number of aromatic hydroxyl groups is 1. The molecule has 1 heterocycles. The lowest BCUT2D eigenvalue weighted by Crippen LogP contribution is -2.27. The Morgan fingerprint density at radius 3 is 2.62 bits per heavy atom. The van der Waals surface area contributed by atoms with Gasteiger partial charge in [-0.3, -0.25) is 9.69 Å². The van der Waals surface area contributed by atoms with E-state index in [1.165, 1.54) is 0 Å². The number of rotatable bonds is 4. The summed E-state index contributed by atoms with van der Waals surface area (Å²) >= 11 is 3.26. The summed E-state index contributed by atoms with van der Waals surface area (Å²) in [5, 5.41) is 15.4. The van der Waals surface area contributed by atoms with Gasteiger partial charge in [0.25, 0.3) is 0 Å². The fourth-order valence-electron chi connectivity index (χ4n) is 2.51. The molecule has 0 spiro atoms. The Labute approximate surface area is 147 Å². The number of phenols is 1. The molecule has 0 aliphatic carbocycles. The Morgan fingerprint density at radius 2 is 2.00 bits per heavy atom. The van der Waals surface area contributed by atoms with E-state index in [4.69, 9.17) is 0 Å². The smallest absolute Gasteiger partial charge is 0.321 e. The summed E-state index contributed by atoms with van der Waals surface area (Å²) in [5.41, 5.74) is 1.98. The molecule has 0 bridgehead atoms. The van der Waals surface area contributed by atoms with Crippen LogP contribution in [0.25, 0.3) is 0 Å². The van der Waals surface area contributed by atoms with E-state index in [-0.39, 0.29) is 24.1 Å². The molecule has 7 heteroatoms. The van der Waals surface area contributed by atoms with Crippen molar-refractivity contribution in [2.24, 2.45) is 0 Å². The van der Waals surface area contributed by atoms with Crippen LogP contribution >= 0.6 is 15.9 Å². The highest BCUT2D eigenvalue weighted by atomic mass is 79.9. The first-order valence-corrected chi connectivity index (χ1v) is 8.25. The summed E-state index contributed by atoms with van der Waals surface area (Å²) < 4.78 is 0.755. The predicted octanol–water partition coefficient (Wildman–Crippen LogP) is 2.87. The van der Waals surface area contributed by atoms with Crippen molar-refractivity contribution in [1.29, 1.82) is 0 Å². The van der Waals surface area contributed by atoms with Crippen molar-refractivity contribution in [2.75, 3.05) is 23.3 Å². The van der Waals surface area contributed by atoms with Gasteiger partial charge in [-0.25, -0.2) is 4.79 Å². The number of nitrogens with zero attached hydrogens (tertiary/aromatic N) is 1. The third-order valence-corrected chi connectivity index (χ3v) is 4.21. The molecule has 124 valence electrons. The van der Waals surface area contributed by atoms with E-state index < -0.39 is 0 Å². The standard InChI is InChI=1S/C17H16BrN3O3/c18-12-2-1-11(15(22)10-12)9-16(23)20-13-3-5-14(6-4-13)21-8-7-19-17(21)24/h1-6,10,22H,7-9H2,(H,19,24)(H,20,23). The van der Waals surface area contributed by atoms with E-state index in [0.717, 1.165) is 10.2 Å². The van der Waals surface area contributed by atoms with Gasteiger partial charge in [-0.15, -0.1) is 0 Å². The molecule has 1 fully saturated rings. The number of benzene rings is 2. The normalized spacial score (nSPS) is 13.7. The van der Waals surface area contributed by atoms with E-state index in [2.05, 4.69) is 26.6 Å². The minimum absolute atomic E-state index is 0.0786. The second kappa shape index (κ2) is 6.92. The largest absolute Gasteiger partial charge is 0.508 e. The first-order chi connectivity index (χ1) is 11.5. The van der Waals surface area contributed by atoms with Crippen LogP contribution in [0.1, 0.15) is 5.56 Å². The number of urea groups is 1. The minimum atomic E-state index is -0.223. The van der Waals surface area contributed by atoms with Gasteiger partial charge in [0.1, 0.15) is 5.75 Å². The summed E-state index contributed by atoms with van der Waals surface area (Å²) in [6.45, 7) is 1.27. The summed E-state index contributed by atoms with van der Waals surface area (Å²) in [6.07, 6.45) is 0.0788. The predicted molar refractivity (Wildman–Crippen MR) is 95.3 cm³/mol. The SMILES string of the molecule is O=C(Cc1ccc(Br)cc1O)Nc1ccc(N2CCNC2=O)cc1. The van der Waals surface area contributed by atoms with Crippen molar-refractivity contribution in [3.8, 4) is 5.75 Å². The first-order valence-electron chi connectivity index (χ1n) is 7.45. The molecule has 6 nitrogen and oxygen atoms in total. The molecule has 24 heavy (non-hydrogen) atoms. The Bertz CT molecular complexity index is 777. The summed E-state index contributed by atoms with van der Waals surface area (Å²) in [5.74, 6) is -0.144. The second-order valence-corrected chi connectivity index (χ2v) is 6.34. The average molecular weight is 390 g/mol. The van der Waals surface area contributed by atoms with Crippen LogP contribution in [0.15, 0.2) is 46.9 Å². The van der Waals surface area contributed by atoms with Crippen molar-refractivity contribution < 1.29 is 14.7 Å². The van der Waals surface area contributed by atoms with Gasteiger partial charge in [-0.05, 0) is 36.4 Å². The van der Waals surface area contributed by atoms with Crippen LogP contribution < -0.4 is 15.5 Å². The van der Waals surface area contributed by atoms with Gasteiger partial charge in [0.15, 0.2) is 0 Å². The third-order valence-electron chi connectivity index (χ3n) is 3.72. The fourth-order valence-corrected chi connectivity index (χ4v) is 2.86.